The van der Waals surface area contributed by atoms with Crippen LogP contribution in [0.1, 0.15) is 51.1 Å². The number of benzene rings is 1. The summed E-state index contributed by atoms with van der Waals surface area (Å²) in [6.45, 7) is 10.4. The third kappa shape index (κ3) is 5.45. The number of amides is 2. The topological polar surface area (TPSA) is 49.9 Å². The highest BCUT2D eigenvalue weighted by Crippen LogP contribution is 2.34. The largest absolute Gasteiger partial charge is 0.491 e. The number of rotatable bonds is 6. The van der Waals surface area contributed by atoms with E-state index < -0.39 is 5.54 Å². The molecule has 1 aromatic heterocycles. The predicted octanol–water partition coefficient (Wildman–Crippen LogP) is 4.68. The van der Waals surface area contributed by atoms with E-state index in [2.05, 4.69) is 0 Å². The first-order valence-electron chi connectivity index (χ1n) is 10.6. The second-order valence-electron chi connectivity index (χ2n) is 9.17. The minimum Gasteiger partial charge on any atom is -0.491 e. The molecule has 1 unspecified atom stereocenters. The van der Waals surface area contributed by atoms with E-state index in [1.54, 1.807) is 28.4 Å². The molecule has 2 amide bonds. The standard InChI is InChI=1S/C24H31FN2O3S/c1-16(2)23(29)27(24(3,4)5)14-22(28)26-12-10-21-19(11-13-31-21)20(26)15-30-18-8-6-17(25)7-9-18/h6-9,11,13,16,20H,10,12,14-15H2,1-5H3. The molecule has 0 aliphatic carbocycles. The molecule has 2 aromatic rings. The zero-order chi connectivity index (χ0) is 22.8. The van der Waals surface area contributed by atoms with Crippen molar-refractivity contribution in [2.24, 2.45) is 5.92 Å². The van der Waals surface area contributed by atoms with Crippen molar-refractivity contribution in [2.45, 2.75) is 52.6 Å². The van der Waals surface area contributed by atoms with Crippen LogP contribution in [0.15, 0.2) is 35.7 Å². The quantitative estimate of drug-likeness (QED) is 0.648. The summed E-state index contributed by atoms with van der Waals surface area (Å²) in [5.41, 5.74) is 0.629. The van der Waals surface area contributed by atoms with E-state index in [1.165, 1.54) is 17.0 Å². The Morgan fingerprint density at radius 2 is 1.90 bits per heavy atom. The summed E-state index contributed by atoms with van der Waals surface area (Å²) in [5, 5.41) is 2.04. The van der Waals surface area contributed by atoms with E-state index in [0.29, 0.717) is 12.3 Å². The zero-order valence-corrected chi connectivity index (χ0v) is 19.7. The van der Waals surface area contributed by atoms with Gasteiger partial charge < -0.3 is 14.5 Å². The van der Waals surface area contributed by atoms with Gasteiger partial charge in [-0.25, -0.2) is 4.39 Å². The summed E-state index contributed by atoms with van der Waals surface area (Å²) >= 11 is 1.69. The molecule has 168 valence electrons. The molecule has 1 atom stereocenters. The van der Waals surface area contributed by atoms with Gasteiger partial charge in [0.25, 0.3) is 0 Å². The van der Waals surface area contributed by atoms with Gasteiger partial charge >= 0.3 is 0 Å². The molecule has 0 saturated carbocycles. The molecule has 0 saturated heterocycles. The lowest BCUT2D eigenvalue weighted by Gasteiger charge is -2.40. The Morgan fingerprint density at radius 3 is 2.52 bits per heavy atom. The van der Waals surface area contributed by atoms with Crippen molar-refractivity contribution in [3.63, 3.8) is 0 Å². The minimum absolute atomic E-state index is 0.0341. The average Bonchev–Trinajstić information content (AvgIpc) is 3.18. The lowest BCUT2D eigenvalue weighted by Crippen LogP contribution is -2.54. The van der Waals surface area contributed by atoms with Gasteiger partial charge in [0, 0.05) is 22.9 Å². The molecule has 0 radical (unpaired) electrons. The lowest BCUT2D eigenvalue weighted by atomic mass is 9.99. The Hall–Kier alpha value is -2.41. The van der Waals surface area contributed by atoms with Crippen LogP contribution in [0.5, 0.6) is 5.75 Å². The van der Waals surface area contributed by atoms with Crippen molar-refractivity contribution in [1.29, 1.82) is 0 Å². The van der Waals surface area contributed by atoms with Gasteiger partial charge in [0.2, 0.25) is 11.8 Å². The van der Waals surface area contributed by atoms with Gasteiger partial charge in [0.05, 0.1) is 6.04 Å². The number of nitrogens with zero attached hydrogens (tertiary/aromatic N) is 2. The van der Waals surface area contributed by atoms with Gasteiger partial charge in [0.1, 0.15) is 24.7 Å². The Bertz CT molecular complexity index is 918. The maximum atomic E-state index is 13.4. The van der Waals surface area contributed by atoms with Crippen LogP contribution in [0.3, 0.4) is 0 Å². The number of hydrogen-bond acceptors (Lipinski definition) is 4. The molecular weight excluding hydrogens is 415 g/mol. The van der Waals surface area contributed by atoms with Crippen LogP contribution in [0.4, 0.5) is 4.39 Å². The molecule has 0 fully saturated rings. The van der Waals surface area contributed by atoms with Crippen molar-refractivity contribution >= 4 is 23.2 Å². The van der Waals surface area contributed by atoms with E-state index in [9.17, 15) is 14.0 Å². The van der Waals surface area contributed by atoms with Crippen LogP contribution < -0.4 is 4.74 Å². The highest BCUT2D eigenvalue weighted by molar-refractivity contribution is 7.10. The monoisotopic (exact) mass is 446 g/mol. The van der Waals surface area contributed by atoms with Gasteiger partial charge in [-0.2, -0.15) is 0 Å². The molecule has 31 heavy (non-hydrogen) atoms. The molecule has 1 aliphatic rings. The van der Waals surface area contributed by atoms with Crippen LogP contribution in [0, 0.1) is 11.7 Å². The van der Waals surface area contributed by atoms with Gasteiger partial charge in [-0.3, -0.25) is 9.59 Å². The number of thiophene rings is 1. The zero-order valence-electron chi connectivity index (χ0n) is 18.9. The average molecular weight is 447 g/mol. The lowest BCUT2D eigenvalue weighted by molar-refractivity contribution is -0.148. The molecule has 2 heterocycles. The summed E-state index contributed by atoms with van der Waals surface area (Å²) in [5.74, 6) is -0.0716. The molecular formula is C24H31FN2O3S. The Balaban J connectivity index is 1.80. The Labute approximate surface area is 187 Å². The van der Waals surface area contributed by atoms with E-state index in [4.69, 9.17) is 4.74 Å². The smallest absolute Gasteiger partial charge is 0.242 e. The maximum Gasteiger partial charge on any atom is 0.242 e. The summed E-state index contributed by atoms with van der Waals surface area (Å²) in [7, 11) is 0. The second kappa shape index (κ2) is 9.39. The predicted molar refractivity (Wildman–Crippen MR) is 121 cm³/mol. The molecule has 0 bridgehead atoms. The van der Waals surface area contributed by atoms with Crippen molar-refractivity contribution in [3.8, 4) is 5.75 Å². The molecule has 0 N–H and O–H groups in total. The van der Waals surface area contributed by atoms with Gasteiger partial charge in [0.15, 0.2) is 0 Å². The number of carbonyl (C=O) groups excluding carboxylic acids is 2. The van der Waals surface area contributed by atoms with Crippen LogP contribution in [-0.4, -0.2) is 46.8 Å². The molecule has 1 aliphatic heterocycles. The highest BCUT2D eigenvalue weighted by atomic mass is 32.1. The van der Waals surface area contributed by atoms with Crippen LogP contribution in [0.2, 0.25) is 0 Å². The first-order valence-corrected chi connectivity index (χ1v) is 11.5. The van der Waals surface area contributed by atoms with E-state index in [-0.39, 0.29) is 42.7 Å². The van der Waals surface area contributed by atoms with Crippen LogP contribution in [0.25, 0.3) is 0 Å². The molecule has 1 aromatic carbocycles. The van der Waals surface area contributed by atoms with Crippen molar-refractivity contribution in [1.82, 2.24) is 9.80 Å². The highest BCUT2D eigenvalue weighted by Gasteiger charge is 2.36. The number of carbonyl (C=O) groups is 2. The molecule has 5 nitrogen and oxygen atoms in total. The summed E-state index contributed by atoms with van der Waals surface area (Å²) in [6, 6.07) is 7.67. The Kier molecular flexibility index (Phi) is 7.04. The Morgan fingerprint density at radius 1 is 1.23 bits per heavy atom. The van der Waals surface area contributed by atoms with E-state index in [0.717, 1.165) is 12.0 Å². The van der Waals surface area contributed by atoms with Gasteiger partial charge in [-0.1, -0.05) is 13.8 Å². The number of fused-ring (bicyclic) bond motifs is 1. The van der Waals surface area contributed by atoms with Crippen LogP contribution in [-0.2, 0) is 16.0 Å². The maximum absolute atomic E-state index is 13.4. The fraction of sp³-hybridized carbons (Fsp3) is 0.500. The van der Waals surface area contributed by atoms with Crippen LogP contribution >= 0.6 is 11.3 Å². The third-order valence-corrected chi connectivity index (χ3v) is 6.50. The van der Waals surface area contributed by atoms with E-state index >= 15 is 0 Å². The molecule has 3 rings (SSSR count). The van der Waals surface area contributed by atoms with Crippen molar-refractivity contribution in [3.05, 3.63) is 52.0 Å². The third-order valence-electron chi connectivity index (χ3n) is 5.50. The number of halogens is 1. The summed E-state index contributed by atoms with van der Waals surface area (Å²) in [4.78, 5) is 30.9. The first-order chi connectivity index (χ1) is 14.6. The van der Waals surface area contributed by atoms with E-state index in [1.807, 2.05) is 51.0 Å². The fourth-order valence-corrected chi connectivity index (χ4v) is 4.69. The fourth-order valence-electron chi connectivity index (χ4n) is 3.76. The van der Waals surface area contributed by atoms with Gasteiger partial charge in [-0.05, 0) is 68.5 Å². The molecule has 0 spiro atoms. The minimum atomic E-state index is -0.458. The summed E-state index contributed by atoms with van der Waals surface area (Å²) in [6.07, 6.45) is 0.791. The van der Waals surface area contributed by atoms with Crippen molar-refractivity contribution < 1.29 is 18.7 Å². The second-order valence-corrected chi connectivity index (χ2v) is 10.2. The number of ether oxygens (including phenoxy) is 1. The number of hydrogen-bond donors (Lipinski definition) is 0. The summed E-state index contributed by atoms with van der Waals surface area (Å²) < 4.78 is 19.1. The van der Waals surface area contributed by atoms with Gasteiger partial charge in [-0.15, -0.1) is 11.3 Å². The normalized spacial score (nSPS) is 16.2. The SMILES string of the molecule is CC(C)C(=O)N(CC(=O)N1CCc2sccc2C1COc1ccc(F)cc1)C(C)(C)C. The first kappa shape index (κ1) is 23.3. The van der Waals surface area contributed by atoms with Crippen molar-refractivity contribution in [2.75, 3.05) is 19.7 Å². The molecule has 7 heteroatoms.